The van der Waals surface area contributed by atoms with Crippen LogP contribution in [0.15, 0.2) is 72.8 Å². The van der Waals surface area contributed by atoms with E-state index in [1.165, 1.54) is 0 Å². The lowest BCUT2D eigenvalue weighted by molar-refractivity contribution is 0.0730. The Morgan fingerprint density at radius 3 is 2.47 bits per heavy atom. The van der Waals surface area contributed by atoms with Crippen molar-refractivity contribution in [3.8, 4) is 5.69 Å². The molecule has 0 aliphatic carbocycles. The second kappa shape index (κ2) is 9.76. The summed E-state index contributed by atoms with van der Waals surface area (Å²) in [4.78, 5) is 20.2. The monoisotopic (exact) mass is 465 g/mol. The van der Waals surface area contributed by atoms with E-state index in [9.17, 15) is 4.79 Å². The SMILES string of the molecule is CC(C)CCN(Cc1nc2ccccc2n1-c1ccccc1)C(=O)c1cc(Cl)ccc1Cl. The van der Waals surface area contributed by atoms with Gasteiger partial charge in [0.15, 0.2) is 0 Å². The first-order valence-electron chi connectivity index (χ1n) is 10.7. The molecule has 0 bridgehead atoms. The van der Waals surface area contributed by atoms with Crippen LogP contribution < -0.4 is 0 Å². The fourth-order valence-corrected chi connectivity index (χ4v) is 4.09. The van der Waals surface area contributed by atoms with Crippen molar-refractivity contribution in [2.45, 2.75) is 26.8 Å². The van der Waals surface area contributed by atoms with Crippen molar-refractivity contribution < 1.29 is 4.79 Å². The number of hydrogen-bond donors (Lipinski definition) is 0. The molecule has 1 amide bonds. The Balaban J connectivity index is 1.77. The molecule has 4 aromatic rings. The van der Waals surface area contributed by atoms with Gasteiger partial charge in [-0.2, -0.15) is 0 Å². The zero-order valence-corrected chi connectivity index (χ0v) is 19.6. The van der Waals surface area contributed by atoms with E-state index in [1.54, 1.807) is 18.2 Å². The molecule has 0 aliphatic heterocycles. The molecule has 32 heavy (non-hydrogen) atoms. The molecule has 0 unspecified atom stereocenters. The molecule has 1 aromatic heterocycles. The maximum atomic E-state index is 13.5. The van der Waals surface area contributed by atoms with E-state index in [2.05, 4.69) is 18.4 Å². The molecule has 0 fully saturated rings. The Hall–Kier alpha value is -2.82. The summed E-state index contributed by atoms with van der Waals surface area (Å²) in [7, 11) is 0. The number of carbonyl (C=O) groups is 1. The van der Waals surface area contributed by atoms with Crippen molar-refractivity contribution >= 4 is 40.1 Å². The third-order valence-corrected chi connectivity index (χ3v) is 5.96. The van der Waals surface area contributed by atoms with Gasteiger partial charge in [0.05, 0.1) is 28.2 Å². The third-order valence-electron chi connectivity index (χ3n) is 5.40. The predicted octanol–water partition coefficient (Wildman–Crippen LogP) is 7.02. The first-order chi connectivity index (χ1) is 15.4. The van der Waals surface area contributed by atoms with Crippen molar-refractivity contribution in [3.63, 3.8) is 0 Å². The van der Waals surface area contributed by atoms with Gasteiger partial charge in [-0.25, -0.2) is 4.98 Å². The Bertz CT molecular complexity index is 1230. The van der Waals surface area contributed by atoms with Crippen LogP contribution in [-0.2, 0) is 6.54 Å². The number of rotatable bonds is 7. The highest BCUT2D eigenvalue weighted by molar-refractivity contribution is 6.35. The first-order valence-corrected chi connectivity index (χ1v) is 11.5. The number of benzene rings is 3. The molecule has 6 heteroatoms. The van der Waals surface area contributed by atoms with Crippen molar-refractivity contribution in [2.24, 2.45) is 5.92 Å². The molecular formula is C26H25Cl2N3O. The molecule has 0 saturated carbocycles. The summed E-state index contributed by atoms with van der Waals surface area (Å²) in [6.07, 6.45) is 0.871. The van der Waals surface area contributed by atoms with E-state index in [0.29, 0.717) is 34.6 Å². The van der Waals surface area contributed by atoms with Crippen LogP contribution in [0.25, 0.3) is 16.7 Å². The summed E-state index contributed by atoms with van der Waals surface area (Å²) in [5, 5.41) is 0.878. The Morgan fingerprint density at radius 2 is 1.72 bits per heavy atom. The van der Waals surface area contributed by atoms with Gasteiger partial charge in [0.2, 0.25) is 0 Å². The van der Waals surface area contributed by atoms with E-state index in [1.807, 2.05) is 59.5 Å². The Labute approximate surface area is 198 Å². The van der Waals surface area contributed by atoms with E-state index in [4.69, 9.17) is 28.2 Å². The van der Waals surface area contributed by atoms with Crippen LogP contribution in [0.5, 0.6) is 0 Å². The zero-order chi connectivity index (χ0) is 22.7. The van der Waals surface area contributed by atoms with Gasteiger partial charge in [-0.05, 0) is 54.8 Å². The standard InChI is InChI=1S/C26H25Cl2N3O/c1-18(2)14-15-30(26(32)21-16-19(27)12-13-22(21)28)17-25-29-23-10-6-7-11-24(23)31(25)20-8-4-3-5-9-20/h3-13,16,18H,14-15,17H2,1-2H3. The minimum atomic E-state index is -0.148. The quantitative estimate of drug-likeness (QED) is 0.294. The molecular weight excluding hydrogens is 441 g/mol. The van der Waals surface area contributed by atoms with Crippen LogP contribution in [0.2, 0.25) is 10.0 Å². The summed E-state index contributed by atoms with van der Waals surface area (Å²) in [6.45, 7) is 5.25. The lowest BCUT2D eigenvalue weighted by atomic mass is 10.1. The lowest BCUT2D eigenvalue weighted by Crippen LogP contribution is -2.33. The van der Waals surface area contributed by atoms with Crippen LogP contribution in [0, 0.1) is 5.92 Å². The largest absolute Gasteiger partial charge is 0.331 e. The molecule has 4 nitrogen and oxygen atoms in total. The van der Waals surface area contributed by atoms with E-state index < -0.39 is 0 Å². The topological polar surface area (TPSA) is 38.1 Å². The molecule has 0 aliphatic rings. The minimum Gasteiger partial charge on any atom is -0.331 e. The number of imidazole rings is 1. The van der Waals surface area contributed by atoms with Gasteiger partial charge in [0, 0.05) is 17.3 Å². The highest BCUT2D eigenvalue weighted by atomic mass is 35.5. The second-order valence-corrected chi connectivity index (χ2v) is 9.06. The van der Waals surface area contributed by atoms with Gasteiger partial charge in [0.25, 0.3) is 5.91 Å². The van der Waals surface area contributed by atoms with Gasteiger partial charge < -0.3 is 4.90 Å². The Morgan fingerprint density at radius 1 is 1.00 bits per heavy atom. The first kappa shape index (κ1) is 22.4. The van der Waals surface area contributed by atoms with Gasteiger partial charge in [-0.3, -0.25) is 9.36 Å². The van der Waals surface area contributed by atoms with E-state index in [-0.39, 0.29) is 5.91 Å². The number of amides is 1. The molecule has 1 heterocycles. The van der Waals surface area contributed by atoms with Crippen molar-refractivity contribution in [2.75, 3.05) is 6.54 Å². The van der Waals surface area contributed by atoms with Crippen molar-refractivity contribution in [1.82, 2.24) is 14.5 Å². The molecule has 4 rings (SSSR count). The van der Waals surface area contributed by atoms with Crippen LogP contribution >= 0.6 is 23.2 Å². The zero-order valence-electron chi connectivity index (χ0n) is 18.1. The number of fused-ring (bicyclic) bond motifs is 1. The number of carbonyl (C=O) groups excluding carboxylic acids is 1. The summed E-state index contributed by atoms with van der Waals surface area (Å²) in [6, 6.07) is 23.1. The van der Waals surface area contributed by atoms with Crippen LogP contribution in [0.1, 0.15) is 36.5 Å². The molecule has 3 aromatic carbocycles. The van der Waals surface area contributed by atoms with Crippen molar-refractivity contribution in [1.29, 1.82) is 0 Å². The van der Waals surface area contributed by atoms with Gasteiger partial charge >= 0.3 is 0 Å². The highest BCUT2D eigenvalue weighted by Gasteiger charge is 2.23. The maximum absolute atomic E-state index is 13.5. The van der Waals surface area contributed by atoms with E-state index in [0.717, 1.165) is 29.0 Å². The molecule has 0 N–H and O–H groups in total. The second-order valence-electron chi connectivity index (χ2n) is 8.22. The average Bonchev–Trinajstić information content (AvgIpc) is 3.16. The number of para-hydroxylation sites is 3. The van der Waals surface area contributed by atoms with E-state index >= 15 is 0 Å². The molecule has 0 spiro atoms. The molecule has 0 radical (unpaired) electrons. The Kier molecular flexibility index (Phi) is 6.83. The smallest absolute Gasteiger partial charge is 0.255 e. The van der Waals surface area contributed by atoms with Crippen LogP contribution in [-0.4, -0.2) is 26.9 Å². The summed E-state index contributed by atoms with van der Waals surface area (Å²) >= 11 is 12.5. The maximum Gasteiger partial charge on any atom is 0.255 e. The summed E-state index contributed by atoms with van der Waals surface area (Å²) in [5.74, 6) is 1.10. The molecule has 0 saturated heterocycles. The summed E-state index contributed by atoms with van der Waals surface area (Å²) in [5.41, 5.74) is 3.31. The van der Waals surface area contributed by atoms with Crippen LogP contribution in [0.4, 0.5) is 0 Å². The number of halogens is 2. The van der Waals surface area contributed by atoms with Crippen LogP contribution in [0.3, 0.4) is 0 Å². The lowest BCUT2D eigenvalue weighted by Gasteiger charge is -2.24. The fourth-order valence-electron chi connectivity index (χ4n) is 3.72. The average molecular weight is 466 g/mol. The van der Waals surface area contributed by atoms with Gasteiger partial charge in [0.1, 0.15) is 5.82 Å². The number of hydrogen-bond acceptors (Lipinski definition) is 2. The number of aromatic nitrogens is 2. The fraction of sp³-hybridized carbons (Fsp3) is 0.231. The van der Waals surface area contributed by atoms with Gasteiger partial charge in [-0.15, -0.1) is 0 Å². The normalized spacial score (nSPS) is 11.3. The highest BCUT2D eigenvalue weighted by Crippen LogP contribution is 2.26. The molecule has 0 atom stereocenters. The van der Waals surface area contributed by atoms with Crippen molar-refractivity contribution in [3.05, 3.63) is 94.2 Å². The van der Waals surface area contributed by atoms with Gasteiger partial charge in [-0.1, -0.05) is 67.4 Å². The summed E-state index contributed by atoms with van der Waals surface area (Å²) < 4.78 is 2.12. The number of nitrogens with zero attached hydrogens (tertiary/aromatic N) is 3. The predicted molar refractivity (Wildman–Crippen MR) is 132 cm³/mol. The minimum absolute atomic E-state index is 0.148. The third kappa shape index (κ3) is 4.82. The molecule has 164 valence electrons.